The molecule has 3 rings (SSSR count). The number of aryl methyl sites for hydroxylation is 2. The smallest absolute Gasteiger partial charge is 0.0503 e. The van der Waals surface area contributed by atoms with Crippen LogP contribution in [0.4, 0.5) is 0 Å². The van der Waals surface area contributed by atoms with Gasteiger partial charge in [0.1, 0.15) is 0 Å². The van der Waals surface area contributed by atoms with Crippen LogP contribution in [0.1, 0.15) is 40.3 Å². The van der Waals surface area contributed by atoms with E-state index in [1.54, 1.807) is 0 Å². The first-order chi connectivity index (χ1) is 10.2. The van der Waals surface area contributed by atoms with E-state index in [1.807, 2.05) is 19.1 Å². The Morgan fingerprint density at radius 1 is 1.19 bits per heavy atom. The molecule has 2 aromatic carbocycles. The summed E-state index contributed by atoms with van der Waals surface area (Å²) in [4.78, 5) is 0. The summed E-state index contributed by atoms with van der Waals surface area (Å²) in [7, 11) is 0. The summed E-state index contributed by atoms with van der Waals surface area (Å²) in [6.07, 6.45) is 4.59. The maximum absolute atomic E-state index is 6.23. The molecule has 3 N–H and O–H groups in total. The average molecular weight is 301 g/mol. The summed E-state index contributed by atoms with van der Waals surface area (Å²) in [5, 5.41) is 0.793. The standard InChI is InChI=1S/C18H21ClN2/c1-12-16(6-3-7-17(12)19)18(21-20)11-13-8-9-14-4-2-5-15(14)10-13/h3,6-10,18,21H,2,4-5,11,20H2,1H3. The van der Waals surface area contributed by atoms with Crippen molar-refractivity contribution in [2.75, 3.05) is 0 Å². The van der Waals surface area contributed by atoms with Crippen LogP contribution < -0.4 is 11.3 Å². The van der Waals surface area contributed by atoms with Gasteiger partial charge >= 0.3 is 0 Å². The summed E-state index contributed by atoms with van der Waals surface area (Å²) in [6.45, 7) is 2.05. The van der Waals surface area contributed by atoms with Crippen molar-refractivity contribution in [3.63, 3.8) is 0 Å². The second-order valence-electron chi connectivity index (χ2n) is 5.83. The van der Waals surface area contributed by atoms with E-state index in [4.69, 9.17) is 17.4 Å². The molecule has 1 aliphatic carbocycles. The number of halogens is 1. The van der Waals surface area contributed by atoms with Gasteiger partial charge in [-0.15, -0.1) is 0 Å². The Bertz CT molecular complexity index is 652. The van der Waals surface area contributed by atoms with Gasteiger partial charge in [0.15, 0.2) is 0 Å². The molecule has 0 radical (unpaired) electrons. The summed E-state index contributed by atoms with van der Waals surface area (Å²) in [5.74, 6) is 5.79. The third-order valence-corrected chi connectivity index (χ3v) is 4.90. The topological polar surface area (TPSA) is 38.0 Å². The van der Waals surface area contributed by atoms with Crippen molar-refractivity contribution in [3.05, 3.63) is 69.2 Å². The predicted molar refractivity (Wildman–Crippen MR) is 88.4 cm³/mol. The Morgan fingerprint density at radius 3 is 2.81 bits per heavy atom. The molecule has 0 bridgehead atoms. The third kappa shape index (κ3) is 2.98. The Morgan fingerprint density at radius 2 is 2.00 bits per heavy atom. The molecule has 0 fully saturated rings. The number of hydrogen-bond acceptors (Lipinski definition) is 2. The summed E-state index contributed by atoms with van der Waals surface area (Å²) < 4.78 is 0. The molecule has 0 aromatic heterocycles. The summed E-state index contributed by atoms with van der Waals surface area (Å²) >= 11 is 6.23. The van der Waals surface area contributed by atoms with Gasteiger partial charge in [-0.3, -0.25) is 11.3 Å². The molecule has 21 heavy (non-hydrogen) atoms. The van der Waals surface area contributed by atoms with Gasteiger partial charge < -0.3 is 0 Å². The Kier molecular flexibility index (Phi) is 4.29. The molecule has 0 saturated carbocycles. The zero-order chi connectivity index (χ0) is 14.8. The van der Waals surface area contributed by atoms with Crippen LogP contribution in [0.15, 0.2) is 36.4 Å². The van der Waals surface area contributed by atoms with E-state index in [2.05, 4.69) is 29.7 Å². The zero-order valence-electron chi connectivity index (χ0n) is 12.3. The van der Waals surface area contributed by atoms with Gasteiger partial charge in [0.05, 0.1) is 6.04 Å². The Balaban J connectivity index is 1.86. The van der Waals surface area contributed by atoms with Crippen molar-refractivity contribution in [2.45, 2.75) is 38.6 Å². The van der Waals surface area contributed by atoms with Crippen molar-refractivity contribution < 1.29 is 0 Å². The number of hydrogen-bond donors (Lipinski definition) is 2. The molecule has 0 spiro atoms. The van der Waals surface area contributed by atoms with Gasteiger partial charge in [0.2, 0.25) is 0 Å². The normalized spacial score (nSPS) is 15.0. The van der Waals surface area contributed by atoms with Gasteiger partial charge in [0.25, 0.3) is 0 Å². The minimum absolute atomic E-state index is 0.0863. The first-order valence-corrected chi connectivity index (χ1v) is 7.88. The SMILES string of the molecule is Cc1c(Cl)cccc1C(Cc1ccc2c(c1)CCC2)NN. The highest BCUT2D eigenvalue weighted by Crippen LogP contribution is 2.28. The lowest BCUT2D eigenvalue weighted by Gasteiger charge is -2.20. The average Bonchev–Trinajstić information content (AvgIpc) is 2.95. The van der Waals surface area contributed by atoms with Crippen LogP contribution in [0.25, 0.3) is 0 Å². The largest absolute Gasteiger partial charge is 0.271 e. The molecular weight excluding hydrogens is 280 g/mol. The molecule has 3 heteroatoms. The molecule has 1 unspecified atom stereocenters. The predicted octanol–water partition coefficient (Wildman–Crippen LogP) is 3.88. The van der Waals surface area contributed by atoms with Crippen molar-refractivity contribution in [3.8, 4) is 0 Å². The highest BCUT2D eigenvalue weighted by Gasteiger charge is 2.16. The molecule has 2 aromatic rings. The molecule has 0 amide bonds. The van der Waals surface area contributed by atoms with Crippen molar-refractivity contribution in [2.24, 2.45) is 5.84 Å². The van der Waals surface area contributed by atoms with Crippen LogP contribution >= 0.6 is 11.6 Å². The highest BCUT2D eigenvalue weighted by atomic mass is 35.5. The van der Waals surface area contributed by atoms with E-state index in [-0.39, 0.29) is 6.04 Å². The molecule has 2 nitrogen and oxygen atoms in total. The monoisotopic (exact) mass is 300 g/mol. The second-order valence-corrected chi connectivity index (χ2v) is 6.24. The van der Waals surface area contributed by atoms with E-state index in [9.17, 15) is 0 Å². The molecule has 0 heterocycles. The van der Waals surface area contributed by atoms with E-state index in [0.717, 1.165) is 17.0 Å². The number of fused-ring (bicyclic) bond motifs is 1. The van der Waals surface area contributed by atoms with E-state index >= 15 is 0 Å². The number of nitrogens with two attached hydrogens (primary N) is 1. The first-order valence-electron chi connectivity index (χ1n) is 7.51. The summed E-state index contributed by atoms with van der Waals surface area (Å²) in [6, 6.07) is 12.9. The van der Waals surface area contributed by atoms with Crippen LogP contribution in [-0.2, 0) is 19.3 Å². The van der Waals surface area contributed by atoms with Crippen LogP contribution in [0.2, 0.25) is 5.02 Å². The van der Waals surface area contributed by atoms with E-state index < -0.39 is 0 Å². The quantitative estimate of drug-likeness (QED) is 0.664. The van der Waals surface area contributed by atoms with Gasteiger partial charge in [-0.1, -0.05) is 41.9 Å². The Labute approximate surface area is 131 Å². The molecule has 1 atom stereocenters. The maximum Gasteiger partial charge on any atom is 0.0503 e. The van der Waals surface area contributed by atoms with Crippen LogP contribution in [0.3, 0.4) is 0 Å². The second kappa shape index (κ2) is 6.18. The third-order valence-electron chi connectivity index (χ3n) is 4.49. The fourth-order valence-corrected chi connectivity index (χ4v) is 3.43. The van der Waals surface area contributed by atoms with Crippen molar-refractivity contribution in [1.29, 1.82) is 0 Å². The number of rotatable bonds is 4. The molecule has 1 aliphatic rings. The molecule has 0 aliphatic heterocycles. The lowest BCUT2D eigenvalue weighted by Crippen LogP contribution is -2.30. The van der Waals surface area contributed by atoms with Crippen molar-refractivity contribution >= 4 is 11.6 Å². The molecule has 0 saturated heterocycles. The number of nitrogens with one attached hydrogen (secondary N) is 1. The lowest BCUT2D eigenvalue weighted by atomic mass is 9.94. The van der Waals surface area contributed by atoms with E-state index in [0.29, 0.717) is 0 Å². The Hall–Kier alpha value is -1.35. The minimum Gasteiger partial charge on any atom is -0.271 e. The van der Waals surface area contributed by atoms with Crippen LogP contribution in [0.5, 0.6) is 0 Å². The highest BCUT2D eigenvalue weighted by molar-refractivity contribution is 6.31. The number of hydrazine groups is 1. The first kappa shape index (κ1) is 14.6. The van der Waals surface area contributed by atoms with Gasteiger partial charge in [-0.25, -0.2) is 0 Å². The van der Waals surface area contributed by atoms with Crippen molar-refractivity contribution in [1.82, 2.24) is 5.43 Å². The van der Waals surface area contributed by atoms with Gasteiger partial charge in [0, 0.05) is 5.02 Å². The van der Waals surface area contributed by atoms with Gasteiger partial charge in [-0.2, -0.15) is 0 Å². The zero-order valence-corrected chi connectivity index (χ0v) is 13.1. The van der Waals surface area contributed by atoms with E-state index in [1.165, 1.54) is 41.5 Å². The fraction of sp³-hybridized carbons (Fsp3) is 0.333. The molecular formula is C18H21ClN2. The fourth-order valence-electron chi connectivity index (χ4n) is 3.25. The van der Waals surface area contributed by atoms with Crippen LogP contribution in [-0.4, -0.2) is 0 Å². The minimum atomic E-state index is 0.0863. The van der Waals surface area contributed by atoms with Crippen LogP contribution in [0, 0.1) is 6.92 Å². The lowest BCUT2D eigenvalue weighted by molar-refractivity contribution is 0.549. The van der Waals surface area contributed by atoms with Gasteiger partial charge in [-0.05, 0) is 66.5 Å². The summed E-state index contributed by atoms with van der Waals surface area (Å²) in [5.41, 5.74) is 9.56. The maximum atomic E-state index is 6.23. The number of benzene rings is 2. The molecule has 110 valence electrons.